The Bertz CT molecular complexity index is 426. The first kappa shape index (κ1) is 17.4. The second kappa shape index (κ2) is 10.1. The summed E-state index contributed by atoms with van der Waals surface area (Å²) in [6.07, 6.45) is 4.33. The number of nitrogens with one attached hydrogen (secondary N) is 2. The van der Waals surface area contributed by atoms with Gasteiger partial charge >= 0.3 is 0 Å². The van der Waals surface area contributed by atoms with Crippen LogP contribution in [0.2, 0.25) is 0 Å². The Morgan fingerprint density at radius 1 is 1.38 bits per heavy atom. The molecule has 0 spiro atoms. The van der Waals surface area contributed by atoms with Crippen LogP contribution in [0.1, 0.15) is 23.7 Å². The van der Waals surface area contributed by atoms with Gasteiger partial charge in [-0.05, 0) is 19.5 Å². The van der Waals surface area contributed by atoms with Crippen molar-refractivity contribution in [3.05, 3.63) is 24.0 Å². The van der Waals surface area contributed by atoms with Crippen LogP contribution in [0.15, 0.2) is 18.5 Å². The molecule has 0 saturated carbocycles. The predicted molar refractivity (Wildman–Crippen MR) is 84.7 cm³/mol. The van der Waals surface area contributed by atoms with E-state index >= 15 is 0 Å². The monoisotopic (exact) mass is 294 g/mol. The Morgan fingerprint density at radius 2 is 2.19 bits per heavy atom. The summed E-state index contributed by atoms with van der Waals surface area (Å²) in [5, 5.41) is 6.15. The molecular formula is C15H26N4O2. The highest BCUT2D eigenvalue weighted by molar-refractivity contribution is 5.99. The summed E-state index contributed by atoms with van der Waals surface area (Å²) in [7, 11) is 3.69. The van der Waals surface area contributed by atoms with E-state index in [1.54, 1.807) is 25.6 Å². The standard InChI is InChI=1S/C15H26N4O2/c1-4-6-17-14-12-16-7-5-13(14)15(20)18-8-9-19(2)10-11-21-3/h5,7,12,17H,4,6,8-11H2,1-3H3,(H,18,20). The first-order chi connectivity index (χ1) is 10.2. The van der Waals surface area contributed by atoms with Gasteiger partial charge in [0.2, 0.25) is 0 Å². The third-order valence-electron chi connectivity index (χ3n) is 3.09. The van der Waals surface area contributed by atoms with Gasteiger partial charge in [-0.25, -0.2) is 0 Å². The van der Waals surface area contributed by atoms with Gasteiger partial charge in [0, 0.05) is 39.5 Å². The van der Waals surface area contributed by atoms with Crippen molar-refractivity contribution in [3.63, 3.8) is 0 Å². The molecule has 0 aliphatic heterocycles. The molecule has 1 heterocycles. The van der Waals surface area contributed by atoms with Crippen LogP contribution >= 0.6 is 0 Å². The molecule has 0 saturated heterocycles. The van der Waals surface area contributed by atoms with Crippen LogP contribution in [0.3, 0.4) is 0 Å². The molecule has 0 radical (unpaired) electrons. The molecule has 1 aromatic rings. The molecule has 1 rings (SSSR count). The van der Waals surface area contributed by atoms with E-state index in [1.165, 1.54) is 0 Å². The number of carbonyl (C=O) groups excluding carboxylic acids is 1. The lowest BCUT2D eigenvalue weighted by Crippen LogP contribution is -2.34. The van der Waals surface area contributed by atoms with Gasteiger partial charge in [-0.2, -0.15) is 0 Å². The molecule has 2 N–H and O–H groups in total. The summed E-state index contributed by atoms with van der Waals surface area (Å²) in [4.78, 5) is 18.4. The maximum Gasteiger partial charge on any atom is 0.253 e. The van der Waals surface area contributed by atoms with Crippen molar-refractivity contribution in [3.8, 4) is 0 Å². The third kappa shape index (κ3) is 6.55. The van der Waals surface area contributed by atoms with E-state index in [0.29, 0.717) is 18.7 Å². The molecule has 6 nitrogen and oxygen atoms in total. The van der Waals surface area contributed by atoms with Crippen molar-refractivity contribution < 1.29 is 9.53 Å². The van der Waals surface area contributed by atoms with Crippen LogP contribution in [-0.4, -0.2) is 62.7 Å². The topological polar surface area (TPSA) is 66.5 Å². The Labute approximate surface area is 126 Å². The summed E-state index contributed by atoms with van der Waals surface area (Å²) in [6, 6.07) is 1.74. The summed E-state index contributed by atoms with van der Waals surface area (Å²) in [5.41, 5.74) is 1.42. The van der Waals surface area contributed by atoms with Crippen molar-refractivity contribution in [1.82, 2.24) is 15.2 Å². The molecule has 1 aromatic heterocycles. The van der Waals surface area contributed by atoms with E-state index < -0.39 is 0 Å². The SMILES string of the molecule is CCCNc1cnccc1C(=O)NCCN(C)CCOC. The molecule has 21 heavy (non-hydrogen) atoms. The van der Waals surface area contributed by atoms with Crippen LogP contribution in [0.5, 0.6) is 0 Å². The minimum Gasteiger partial charge on any atom is -0.383 e. The van der Waals surface area contributed by atoms with Crippen molar-refractivity contribution in [1.29, 1.82) is 0 Å². The fraction of sp³-hybridized carbons (Fsp3) is 0.600. The number of pyridine rings is 1. The average molecular weight is 294 g/mol. The molecule has 0 aromatic carbocycles. The van der Waals surface area contributed by atoms with Gasteiger partial charge in [0.05, 0.1) is 24.1 Å². The number of rotatable bonds is 10. The van der Waals surface area contributed by atoms with E-state index in [0.717, 1.165) is 31.7 Å². The normalized spacial score (nSPS) is 10.7. The van der Waals surface area contributed by atoms with Crippen molar-refractivity contribution in [2.75, 3.05) is 52.3 Å². The number of hydrogen-bond acceptors (Lipinski definition) is 5. The van der Waals surface area contributed by atoms with Crippen LogP contribution in [-0.2, 0) is 4.74 Å². The van der Waals surface area contributed by atoms with Gasteiger partial charge in [-0.15, -0.1) is 0 Å². The van der Waals surface area contributed by atoms with Crippen LogP contribution in [0.25, 0.3) is 0 Å². The zero-order valence-electron chi connectivity index (χ0n) is 13.2. The van der Waals surface area contributed by atoms with Crippen LogP contribution < -0.4 is 10.6 Å². The molecule has 0 aliphatic rings. The second-order valence-electron chi connectivity index (χ2n) is 4.90. The summed E-state index contributed by atoms with van der Waals surface area (Å²) in [6.45, 7) is 5.85. The van der Waals surface area contributed by atoms with E-state index in [2.05, 4.69) is 27.4 Å². The number of ether oxygens (including phenoxy) is 1. The predicted octanol–water partition coefficient (Wildman–Crippen LogP) is 1.21. The van der Waals surface area contributed by atoms with Gasteiger partial charge in [0.25, 0.3) is 5.91 Å². The molecule has 0 bridgehead atoms. The quantitative estimate of drug-likeness (QED) is 0.679. The van der Waals surface area contributed by atoms with Crippen molar-refractivity contribution in [2.45, 2.75) is 13.3 Å². The minimum atomic E-state index is -0.0730. The molecule has 118 valence electrons. The van der Waals surface area contributed by atoms with E-state index in [4.69, 9.17) is 4.74 Å². The Balaban J connectivity index is 2.44. The first-order valence-electron chi connectivity index (χ1n) is 7.32. The third-order valence-corrected chi connectivity index (χ3v) is 3.09. The lowest BCUT2D eigenvalue weighted by atomic mass is 10.2. The van der Waals surface area contributed by atoms with E-state index in [1.807, 2.05) is 7.05 Å². The summed E-state index contributed by atoms with van der Waals surface area (Å²) >= 11 is 0. The number of nitrogens with zero attached hydrogens (tertiary/aromatic N) is 2. The highest BCUT2D eigenvalue weighted by Gasteiger charge is 2.10. The Hall–Kier alpha value is -1.66. The summed E-state index contributed by atoms with van der Waals surface area (Å²) < 4.78 is 5.02. The van der Waals surface area contributed by atoms with E-state index in [9.17, 15) is 4.79 Å². The highest BCUT2D eigenvalue weighted by atomic mass is 16.5. The summed E-state index contributed by atoms with van der Waals surface area (Å²) in [5.74, 6) is -0.0730. The molecule has 0 atom stereocenters. The minimum absolute atomic E-state index is 0.0730. The lowest BCUT2D eigenvalue weighted by molar-refractivity contribution is 0.0948. The van der Waals surface area contributed by atoms with Gasteiger partial charge in [-0.3, -0.25) is 9.78 Å². The highest BCUT2D eigenvalue weighted by Crippen LogP contribution is 2.12. The molecule has 0 unspecified atom stereocenters. The fourth-order valence-electron chi connectivity index (χ4n) is 1.81. The van der Waals surface area contributed by atoms with E-state index in [-0.39, 0.29) is 5.91 Å². The van der Waals surface area contributed by atoms with Crippen molar-refractivity contribution in [2.24, 2.45) is 0 Å². The number of hydrogen-bond donors (Lipinski definition) is 2. The molecule has 0 fully saturated rings. The number of aromatic nitrogens is 1. The van der Waals surface area contributed by atoms with Crippen molar-refractivity contribution >= 4 is 11.6 Å². The maximum atomic E-state index is 12.2. The largest absolute Gasteiger partial charge is 0.383 e. The molecule has 1 amide bonds. The number of anilines is 1. The first-order valence-corrected chi connectivity index (χ1v) is 7.32. The average Bonchev–Trinajstić information content (AvgIpc) is 2.51. The van der Waals surface area contributed by atoms with Gasteiger partial charge in [0.15, 0.2) is 0 Å². The van der Waals surface area contributed by atoms with Gasteiger partial charge in [-0.1, -0.05) is 6.92 Å². The Kier molecular flexibility index (Phi) is 8.38. The molecule has 0 aliphatic carbocycles. The molecule has 6 heteroatoms. The fourth-order valence-corrected chi connectivity index (χ4v) is 1.81. The number of likely N-dealkylation sites (N-methyl/N-ethyl adjacent to an activating group) is 1. The maximum absolute atomic E-state index is 12.2. The van der Waals surface area contributed by atoms with Gasteiger partial charge < -0.3 is 20.3 Å². The number of amides is 1. The van der Waals surface area contributed by atoms with Crippen LogP contribution in [0, 0.1) is 0 Å². The molecular weight excluding hydrogens is 268 g/mol. The zero-order valence-corrected chi connectivity index (χ0v) is 13.2. The second-order valence-corrected chi connectivity index (χ2v) is 4.90. The smallest absolute Gasteiger partial charge is 0.253 e. The number of carbonyl (C=O) groups is 1. The number of methoxy groups -OCH3 is 1. The lowest BCUT2D eigenvalue weighted by Gasteiger charge is -2.16. The Morgan fingerprint density at radius 3 is 2.90 bits per heavy atom. The van der Waals surface area contributed by atoms with Crippen LogP contribution in [0.4, 0.5) is 5.69 Å². The van der Waals surface area contributed by atoms with Gasteiger partial charge in [0.1, 0.15) is 0 Å². The zero-order chi connectivity index (χ0) is 15.5.